The van der Waals surface area contributed by atoms with Gasteiger partial charge in [-0.2, -0.15) is 0 Å². The number of hydrogen-bond donors (Lipinski definition) is 1. The third-order valence-electron chi connectivity index (χ3n) is 4.84. The number of hydrogen-bond acceptors (Lipinski definition) is 5. The number of aryl methyl sites for hydroxylation is 1. The van der Waals surface area contributed by atoms with Crippen molar-refractivity contribution in [2.45, 2.75) is 18.9 Å². The van der Waals surface area contributed by atoms with Crippen molar-refractivity contribution in [3.05, 3.63) is 54.4 Å². The highest BCUT2D eigenvalue weighted by atomic mass is 16.5. The quantitative estimate of drug-likeness (QED) is 0.780. The molecule has 3 aromatic rings. The van der Waals surface area contributed by atoms with Crippen LogP contribution in [0.15, 0.2) is 42.9 Å². The monoisotopic (exact) mass is 351 g/mol. The number of nitrogens with zero attached hydrogens (tertiary/aromatic N) is 4. The number of para-hydroxylation sites is 2. The van der Waals surface area contributed by atoms with E-state index >= 15 is 0 Å². The van der Waals surface area contributed by atoms with Crippen LogP contribution in [0.5, 0.6) is 0 Å². The number of nitrogens with one attached hydrogen (secondary N) is 1. The van der Waals surface area contributed by atoms with Crippen LogP contribution < -0.4 is 5.32 Å². The summed E-state index contributed by atoms with van der Waals surface area (Å²) in [5.41, 5.74) is 1.80. The molecule has 1 amide bonds. The lowest BCUT2D eigenvalue weighted by Gasteiger charge is -2.30. The van der Waals surface area contributed by atoms with Crippen LogP contribution in [0.1, 0.15) is 35.2 Å². The Balaban J connectivity index is 1.61. The van der Waals surface area contributed by atoms with Gasteiger partial charge in [-0.05, 0) is 30.9 Å². The Morgan fingerprint density at radius 1 is 1.23 bits per heavy atom. The van der Waals surface area contributed by atoms with E-state index in [2.05, 4.69) is 20.3 Å². The zero-order chi connectivity index (χ0) is 17.9. The first kappa shape index (κ1) is 16.7. The normalized spacial score (nSPS) is 16.5. The number of imidazole rings is 1. The molecule has 2 aromatic heterocycles. The molecule has 1 fully saturated rings. The first-order valence-electron chi connectivity index (χ1n) is 8.80. The Morgan fingerprint density at radius 3 is 2.73 bits per heavy atom. The molecular weight excluding hydrogens is 330 g/mol. The van der Waals surface area contributed by atoms with Gasteiger partial charge in [0.25, 0.3) is 5.91 Å². The maximum absolute atomic E-state index is 12.9. The molecule has 7 nitrogen and oxygen atoms in total. The lowest BCUT2D eigenvalue weighted by molar-refractivity contribution is 0.0498. The van der Waals surface area contributed by atoms with E-state index in [0.29, 0.717) is 24.4 Å². The van der Waals surface area contributed by atoms with Crippen LogP contribution in [-0.2, 0) is 11.8 Å². The van der Waals surface area contributed by atoms with E-state index in [1.54, 1.807) is 6.20 Å². The Kier molecular flexibility index (Phi) is 4.62. The molecule has 1 aromatic carbocycles. The summed E-state index contributed by atoms with van der Waals surface area (Å²) in [5, 5.41) is 3.13. The fourth-order valence-electron chi connectivity index (χ4n) is 3.40. The summed E-state index contributed by atoms with van der Waals surface area (Å²) in [6.45, 7) is 1.41. The van der Waals surface area contributed by atoms with Crippen LogP contribution in [0.25, 0.3) is 11.0 Å². The minimum absolute atomic E-state index is 0.181. The molecule has 1 atom stereocenters. The number of aromatic nitrogens is 4. The predicted molar refractivity (Wildman–Crippen MR) is 96.5 cm³/mol. The van der Waals surface area contributed by atoms with Gasteiger partial charge in [-0.1, -0.05) is 12.1 Å². The fraction of sp³-hybridized carbons (Fsp3) is 0.368. The van der Waals surface area contributed by atoms with Gasteiger partial charge in [0.2, 0.25) is 0 Å². The molecule has 1 aliphatic heterocycles. The Hall–Kier alpha value is -2.80. The van der Waals surface area contributed by atoms with Crippen molar-refractivity contribution < 1.29 is 9.53 Å². The van der Waals surface area contributed by atoms with Gasteiger partial charge in [-0.15, -0.1) is 0 Å². The van der Waals surface area contributed by atoms with Crippen LogP contribution in [-0.4, -0.2) is 38.6 Å². The molecule has 0 radical (unpaired) electrons. The first-order valence-corrected chi connectivity index (χ1v) is 8.80. The second-order valence-electron chi connectivity index (χ2n) is 6.54. The van der Waals surface area contributed by atoms with E-state index in [9.17, 15) is 4.79 Å². The molecule has 0 saturated carbocycles. The molecule has 26 heavy (non-hydrogen) atoms. The largest absolute Gasteiger partial charge is 0.381 e. The second-order valence-corrected chi connectivity index (χ2v) is 6.54. The molecule has 3 heterocycles. The van der Waals surface area contributed by atoms with E-state index in [4.69, 9.17) is 4.74 Å². The van der Waals surface area contributed by atoms with Gasteiger partial charge in [0.05, 0.1) is 23.3 Å². The van der Waals surface area contributed by atoms with Crippen molar-refractivity contribution in [2.75, 3.05) is 13.2 Å². The Morgan fingerprint density at radius 2 is 2.00 bits per heavy atom. The van der Waals surface area contributed by atoms with Crippen molar-refractivity contribution in [1.82, 2.24) is 24.8 Å². The van der Waals surface area contributed by atoms with E-state index in [-0.39, 0.29) is 17.9 Å². The highest BCUT2D eigenvalue weighted by Gasteiger charge is 2.30. The highest BCUT2D eigenvalue weighted by molar-refractivity contribution is 5.94. The van der Waals surface area contributed by atoms with Crippen LogP contribution in [0.3, 0.4) is 0 Å². The molecule has 1 aliphatic rings. The third-order valence-corrected chi connectivity index (χ3v) is 4.84. The number of benzene rings is 1. The van der Waals surface area contributed by atoms with Gasteiger partial charge >= 0.3 is 0 Å². The van der Waals surface area contributed by atoms with Gasteiger partial charge in [0.15, 0.2) is 0 Å². The topological polar surface area (TPSA) is 81.9 Å². The maximum atomic E-state index is 12.9. The van der Waals surface area contributed by atoms with E-state index in [1.807, 2.05) is 42.1 Å². The van der Waals surface area contributed by atoms with Crippen LogP contribution in [0.4, 0.5) is 0 Å². The Bertz CT molecular complexity index is 917. The van der Waals surface area contributed by atoms with Crippen molar-refractivity contribution in [2.24, 2.45) is 13.0 Å². The molecule has 134 valence electrons. The number of amides is 1. The molecule has 0 unspecified atom stereocenters. The van der Waals surface area contributed by atoms with Crippen molar-refractivity contribution in [3.8, 4) is 0 Å². The molecule has 0 aliphatic carbocycles. The van der Waals surface area contributed by atoms with Crippen molar-refractivity contribution in [3.63, 3.8) is 0 Å². The van der Waals surface area contributed by atoms with E-state index in [1.165, 1.54) is 6.20 Å². The molecule has 1 saturated heterocycles. The van der Waals surface area contributed by atoms with Gasteiger partial charge in [-0.25, -0.2) is 9.97 Å². The van der Waals surface area contributed by atoms with Crippen molar-refractivity contribution >= 4 is 16.9 Å². The van der Waals surface area contributed by atoms with E-state index < -0.39 is 0 Å². The number of carbonyl (C=O) groups excluding carboxylic acids is 1. The molecule has 7 heteroatoms. The smallest absolute Gasteiger partial charge is 0.272 e. The fourth-order valence-corrected chi connectivity index (χ4v) is 3.40. The molecule has 4 rings (SSSR count). The number of fused-ring (bicyclic) bond motifs is 1. The van der Waals surface area contributed by atoms with Crippen LogP contribution >= 0.6 is 0 Å². The summed E-state index contributed by atoms with van der Waals surface area (Å²) in [6, 6.07) is 7.34. The zero-order valence-corrected chi connectivity index (χ0v) is 14.6. The van der Waals surface area contributed by atoms with Crippen LogP contribution in [0, 0.1) is 5.92 Å². The summed E-state index contributed by atoms with van der Waals surface area (Å²) in [5.74, 6) is 0.893. The summed E-state index contributed by atoms with van der Waals surface area (Å²) in [4.78, 5) is 26.1. The van der Waals surface area contributed by atoms with Gasteiger partial charge in [0, 0.05) is 32.7 Å². The predicted octanol–water partition coefficient (Wildman–Crippen LogP) is 2.26. The summed E-state index contributed by atoms with van der Waals surface area (Å²) >= 11 is 0. The average molecular weight is 351 g/mol. The highest BCUT2D eigenvalue weighted by Crippen LogP contribution is 2.29. The first-order chi connectivity index (χ1) is 12.7. The summed E-state index contributed by atoms with van der Waals surface area (Å²) in [6.07, 6.45) is 6.95. The molecular formula is C19H21N5O2. The summed E-state index contributed by atoms with van der Waals surface area (Å²) in [7, 11) is 1.94. The minimum atomic E-state index is -0.234. The second kappa shape index (κ2) is 7.21. The number of carbonyl (C=O) groups is 1. The molecule has 1 N–H and O–H groups in total. The third kappa shape index (κ3) is 3.30. The van der Waals surface area contributed by atoms with E-state index in [0.717, 1.165) is 24.2 Å². The SMILES string of the molecule is Cn1ccnc1[C@@H](NC(=O)c1cnc2ccccc2n1)C1CCOCC1. The number of ether oxygens (including phenoxy) is 1. The summed E-state index contributed by atoms with van der Waals surface area (Å²) < 4.78 is 7.42. The minimum Gasteiger partial charge on any atom is -0.381 e. The lowest BCUT2D eigenvalue weighted by atomic mass is 9.91. The Labute approximate surface area is 151 Å². The molecule has 0 bridgehead atoms. The lowest BCUT2D eigenvalue weighted by Crippen LogP contribution is -2.37. The van der Waals surface area contributed by atoms with Crippen LogP contribution in [0.2, 0.25) is 0 Å². The van der Waals surface area contributed by atoms with Gasteiger partial charge < -0.3 is 14.6 Å². The average Bonchev–Trinajstić information content (AvgIpc) is 3.12. The standard InChI is InChI=1S/C19H21N5O2/c1-24-9-8-20-18(24)17(13-6-10-26-11-7-13)23-19(25)16-12-21-14-4-2-3-5-15(14)22-16/h2-5,8-9,12-13,17H,6-7,10-11H2,1H3,(H,23,25)/t17-/m0/s1. The van der Waals surface area contributed by atoms with Gasteiger partial charge in [-0.3, -0.25) is 9.78 Å². The zero-order valence-electron chi connectivity index (χ0n) is 14.6. The van der Waals surface area contributed by atoms with Gasteiger partial charge in [0.1, 0.15) is 11.5 Å². The van der Waals surface area contributed by atoms with Crippen molar-refractivity contribution in [1.29, 1.82) is 0 Å². The maximum Gasteiger partial charge on any atom is 0.272 e. The molecule has 0 spiro atoms. The number of rotatable bonds is 4.